The number of piperidine rings is 2. The highest BCUT2D eigenvalue weighted by molar-refractivity contribution is 9.10. The van der Waals surface area contributed by atoms with Gasteiger partial charge in [-0.15, -0.1) is 12.4 Å². The lowest BCUT2D eigenvalue weighted by molar-refractivity contribution is 0.00739. The molecule has 0 unspecified atom stereocenters. The smallest absolute Gasteiger partial charge is 0.349 e. The van der Waals surface area contributed by atoms with Crippen LogP contribution in [0.4, 0.5) is 5.69 Å². The Balaban J connectivity index is 0.00000304. The van der Waals surface area contributed by atoms with Crippen molar-refractivity contribution in [2.75, 3.05) is 25.0 Å². The minimum absolute atomic E-state index is 0. The van der Waals surface area contributed by atoms with Gasteiger partial charge in [-0.05, 0) is 87.3 Å². The summed E-state index contributed by atoms with van der Waals surface area (Å²) in [6.07, 6.45) is 5.94. The Morgan fingerprint density at radius 1 is 1.03 bits per heavy atom. The maximum atomic E-state index is 12.7. The third-order valence-corrected chi connectivity index (χ3v) is 7.47. The van der Waals surface area contributed by atoms with Gasteiger partial charge >= 0.3 is 11.6 Å². The molecule has 2 saturated heterocycles. The molecule has 7 nitrogen and oxygen atoms in total. The van der Waals surface area contributed by atoms with Crippen LogP contribution in [0.3, 0.4) is 0 Å². The molecule has 36 heavy (non-hydrogen) atoms. The standard InChI is InChI=1S/C27H27BrN2O5.ClH/c28-20-8-11-24-19(14-20)15-22(27(33)35-24)25(31)29-21-9-6-17(7-10-21)26(32)34-16-18-4-3-13-30-12-2-1-5-23(18)30;/h6-11,14-15,18,23H,1-5,12-13,16H2,(H,29,31);1H/t18-,23+;/m0./s1. The summed E-state index contributed by atoms with van der Waals surface area (Å²) >= 11 is 3.37. The van der Waals surface area contributed by atoms with E-state index in [4.69, 9.17) is 9.15 Å². The number of hydrogen-bond donors (Lipinski definition) is 1. The largest absolute Gasteiger partial charge is 0.462 e. The van der Waals surface area contributed by atoms with E-state index in [9.17, 15) is 14.4 Å². The minimum Gasteiger partial charge on any atom is -0.462 e. The number of anilines is 1. The average Bonchev–Trinajstić information content (AvgIpc) is 2.87. The molecule has 9 heteroatoms. The van der Waals surface area contributed by atoms with Crippen molar-refractivity contribution < 1.29 is 18.7 Å². The van der Waals surface area contributed by atoms with E-state index in [0.29, 0.717) is 40.8 Å². The number of esters is 1. The van der Waals surface area contributed by atoms with E-state index in [1.807, 2.05) is 0 Å². The van der Waals surface area contributed by atoms with Crippen LogP contribution in [0.25, 0.3) is 11.0 Å². The molecule has 190 valence electrons. The summed E-state index contributed by atoms with van der Waals surface area (Å²) < 4.78 is 11.7. The molecule has 3 heterocycles. The average molecular weight is 576 g/mol. The highest BCUT2D eigenvalue weighted by atomic mass is 79.9. The number of carbonyl (C=O) groups excluding carboxylic acids is 2. The van der Waals surface area contributed by atoms with Gasteiger partial charge in [0, 0.05) is 27.5 Å². The first-order chi connectivity index (χ1) is 17.0. The predicted octanol–water partition coefficient (Wildman–Crippen LogP) is 5.65. The second kappa shape index (κ2) is 11.6. The molecular formula is C27H28BrClN2O5. The number of nitrogens with one attached hydrogen (secondary N) is 1. The van der Waals surface area contributed by atoms with Crippen LogP contribution in [0.2, 0.25) is 0 Å². The van der Waals surface area contributed by atoms with Crippen LogP contribution >= 0.6 is 28.3 Å². The molecular weight excluding hydrogens is 548 g/mol. The Hall–Kier alpha value is -2.68. The summed E-state index contributed by atoms with van der Waals surface area (Å²) in [5.74, 6) is -0.553. The number of amides is 1. The van der Waals surface area contributed by atoms with Gasteiger partial charge in [-0.25, -0.2) is 9.59 Å². The summed E-state index contributed by atoms with van der Waals surface area (Å²) in [5, 5.41) is 3.33. The molecule has 1 N–H and O–H groups in total. The fourth-order valence-electron chi connectivity index (χ4n) is 5.18. The Kier molecular flexibility index (Phi) is 8.49. The molecule has 0 bridgehead atoms. The Morgan fingerprint density at radius 3 is 2.61 bits per heavy atom. The van der Waals surface area contributed by atoms with E-state index in [2.05, 4.69) is 26.1 Å². The minimum atomic E-state index is -0.711. The highest BCUT2D eigenvalue weighted by Gasteiger charge is 2.33. The lowest BCUT2D eigenvalue weighted by Gasteiger charge is -2.44. The Morgan fingerprint density at radius 2 is 1.81 bits per heavy atom. The van der Waals surface area contributed by atoms with E-state index in [0.717, 1.165) is 30.4 Å². The van der Waals surface area contributed by atoms with Crippen molar-refractivity contribution in [1.82, 2.24) is 4.90 Å². The number of nitrogens with zero attached hydrogens (tertiary/aromatic N) is 1. The number of halogens is 2. The summed E-state index contributed by atoms with van der Waals surface area (Å²) in [6, 6.07) is 13.7. The zero-order valence-electron chi connectivity index (χ0n) is 19.7. The van der Waals surface area contributed by atoms with Crippen LogP contribution < -0.4 is 10.9 Å². The monoisotopic (exact) mass is 574 g/mol. The molecule has 0 spiro atoms. The zero-order valence-corrected chi connectivity index (χ0v) is 22.1. The van der Waals surface area contributed by atoms with Crippen LogP contribution in [-0.4, -0.2) is 42.5 Å². The number of fused-ring (bicyclic) bond motifs is 2. The molecule has 2 aromatic carbocycles. The van der Waals surface area contributed by atoms with Crippen LogP contribution in [0.15, 0.2) is 62.2 Å². The Labute approximate surface area is 223 Å². The van der Waals surface area contributed by atoms with Crippen molar-refractivity contribution >= 4 is 56.9 Å². The second-order valence-electron chi connectivity index (χ2n) is 9.26. The first-order valence-electron chi connectivity index (χ1n) is 12.0. The van der Waals surface area contributed by atoms with Gasteiger partial charge in [0.05, 0.1) is 12.2 Å². The molecule has 0 saturated carbocycles. The van der Waals surface area contributed by atoms with Crippen LogP contribution in [-0.2, 0) is 4.74 Å². The van der Waals surface area contributed by atoms with E-state index < -0.39 is 11.5 Å². The third kappa shape index (κ3) is 5.82. The number of ether oxygens (including phenoxy) is 1. The Bertz CT molecular complexity index is 1310. The topological polar surface area (TPSA) is 88.8 Å². The number of carbonyl (C=O) groups is 2. The quantitative estimate of drug-likeness (QED) is 0.312. The van der Waals surface area contributed by atoms with Gasteiger partial charge in [0.15, 0.2) is 0 Å². The van der Waals surface area contributed by atoms with Gasteiger partial charge in [-0.3, -0.25) is 9.69 Å². The fourth-order valence-corrected chi connectivity index (χ4v) is 5.56. The molecule has 0 radical (unpaired) electrons. The van der Waals surface area contributed by atoms with Gasteiger partial charge in [0.1, 0.15) is 11.1 Å². The summed E-state index contributed by atoms with van der Waals surface area (Å²) in [4.78, 5) is 40.1. The van der Waals surface area contributed by atoms with Gasteiger partial charge < -0.3 is 14.5 Å². The molecule has 5 rings (SSSR count). The summed E-state index contributed by atoms with van der Waals surface area (Å²) in [5.41, 5.74) is 0.488. The first-order valence-corrected chi connectivity index (χ1v) is 12.8. The molecule has 2 aliphatic rings. The van der Waals surface area contributed by atoms with Crippen molar-refractivity contribution in [2.24, 2.45) is 5.92 Å². The molecule has 2 atom stereocenters. The van der Waals surface area contributed by atoms with Crippen molar-refractivity contribution in [2.45, 2.75) is 38.1 Å². The van der Waals surface area contributed by atoms with Crippen LogP contribution in [0.1, 0.15) is 52.8 Å². The predicted molar refractivity (Wildman–Crippen MR) is 144 cm³/mol. The maximum absolute atomic E-state index is 12.7. The molecule has 1 aromatic heterocycles. The van der Waals surface area contributed by atoms with Gasteiger partial charge in [0.25, 0.3) is 5.91 Å². The van der Waals surface area contributed by atoms with E-state index in [-0.39, 0.29) is 23.9 Å². The van der Waals surface area contributed by atoms with E-state index >= 15 is 0 Å². The zero-order chi connectivity index (χ0) is 24.4. The first kappa shape index (κ1) is 26.4. The van der Waals surface area contributed by atoms with Crippen LogP contribution in [0, 0.1) is 5.92 Å². The molecule has 0 aliphatic carbocycles. The summed E-state index contributed by atoms with van der Waals surface area (Å²) in [6.45, 7) is 2.74. The SMILES string of the molecule is Cl.O=C(OC[C@@H]1CCCN2CCCC[C@H]12)c1ccc(NC(=O)c2cc3cc(Br)ccc3oc2=O)cc1. The van der Waals surface area contributed by atoms with E-state index in [1.54, 1.807) is 42.5 Å². The van der Waals surface area contributed by atoms with Gasteiger partial charge in [-0.1, -0.05) is 22.4 Å². The lowest BCUT2D eigenvalue weighted by atomic mass is 9.84. The molecule has 1 amide bonds. The number of rotatable bonds is 5. The van der Waals surface area contributed by atoms with Gasteiger partial charge in [0.2, 0.25) is 0 Å². The number of hydrogen-bond acceptors (Lipinski definition) is 6. The summed E-state index contributed by atoms with van der Waals surface area (Å²) in [7, 11) is 0. The fraction of sp³-hybridized carbons (Fsp3) is 0.370. The lowest BCUT2D eigenvalue weighted by Crippen LogP contribution is -2.49. The highest BCUT2D eigenvalue weighted by Crippen LogP contribution is 2.31. The van der Waals surface area contributed by atoms with Crippen molar-refractivity contribution in [1.29, 1.82) is 0 Å². The van der Waals surface area contributed by atoms with Crippen LogP contribution in [0.5, 0.6) is 0 Å². The normalized spacial score (nSPS) is 19.7. The van der Waals surface area contributed by atoms with E-state index in [1.165, 1.54) is 25.3 Å². The molecule has 2 fully saturated rings. The number of benzene rings is 2. The van der Waals surface area contributed by atoms with Crippen molar-refractivity contribution in [3.05, 3.63) is 74.6 Å². The third-order valence-electron chi connectivity index (χ3n) is 6.97. The van der Waals surface area contributed by atoms with Gasteiger partial charge in [-0.2, -0.15) is 0 Å². The van der Waals surface area contributed by atoms with Crippen molar-refractivity contribution in [3.8, 4) is 0 Å². The maximum Gasteiger partial charge on any atom is 0.349 e. The second-order valence-corrected chi connectivity index (χ2v) is 10.2. The molecule has 3 aromatic rings. The molecule has 2 aliphatic heterocycles. The van der Waals surface area contributed by atoms with Crippen molar-refractivity contribution in [3.63, 3.8) is 0 Å².